The van der Waals surface area contributed by atoms with E-state index < -0.39 is 0 Å². The zero-order valence-electron chi connectivity index (χ0n) is 7.67. The fraction of sp³-hybridized carbons (Fsp3) is 0.500. The van der Waals surface area contributed by atoms with E-state index in [0.29, 0.717) is 0 Å². The summed E-state index contributed by atoms with van der Waals surface area (Å²) in [5.74, 6) is 0.841. The van der Waals surface area contributed by atoms with Crippen LogP contribution >= 0.6 is 11.3 Å². The standard InChI is InChI=1S/C10H13NOS/c1-7-5-13-6-9(7)10(12)11-4-8-2-3-8/h5-6,8H,2-4H2,1H3,(H,11,12). The molecule has 1 N–H and O–H groups in total. The van der Waals surface area contributed by atoms with Crippen molar-refractivity contribution in [2.24, 2.45) is 5.92 Å². The molecule has 3 heteroatoms. The van der Waals surface area contributed by atoms with Crippen LogP contribution in [0.5, 0.6) is 0 Å². The second-order valence-corrected chi connectivity index (χ2v) is 4.37. The Hall–Kier alpha value is -0.830. The molecule has 1 saturated carbocycles. The molecule has 1 aromatic heterocycles. The average Bonchev–Trinajstić information content (AvgIpc) is 2.84. The van der Waals surface area contributed by atoms with Gasteiger partial charge < -0.3 is 5.32 Å². The molecule has 0 aromatic carbocycles. The van der Waals surface area contributed by atoms with Gasteiger partial charge in [0.25, 0.3) is 5.91 Å². The Morgan fingerprint density at radius 2 is 2.38 bits per heavy atom. The fourth-order valence-electron chi connectivity index (χ4n) is 1.25. The van der Waals surface area contributed by atoms with Gasteiger partial charge in [0.2, 0.25) is 0 Å². The predicted molar refractivity (Wildman–Crippen MR) is 54.1 cm³/mol. The van der Waals surface area contributed by atoms with E-state index in [9.17, 15) is 4.79 Å². The van der Waals surface area contributed by atoms with Crippen LogP contribution in [0.2, 0.25) is 0 Å². The van der Waals surface area contributed by atoms with E-state index >= 15 is 0 Å². The van der Waals surface area contributed by atoms with E-state index in [-0.39, 0.29) is 5.91 Å². The summed E-state index contributed by atoms with van der Waals surface area (Å²) in [5.41, 5.74) is 1.92. The van der Waals surface area contributed by atoms with E-state index in [1.54, 1.807) is 11.3 Å². The Balaban J connectivity index is 1.92. The molecule has 0 spiro atoms. The van der Waals surface area contributed by atoms with Crippen LogP contribution in [-0.2, 0) is 0 Å². The highest BCUT2D eigenvalue weighted by atomic mass is 32.1. The molecule has 0 bridgehead atoms. The molecule has 0 atom stereocenters. The summed E-state index contributed by atoms with van der Waals surface area (Å²) in [6, 6.07) is 0. The first-order chi connectivity index (χ1) is 6.27. The number of aryl methyl sites for hydroxylation is 1. The predicted octanol–water partition coefficient (Wildman–Crippen LogP) is 2.20. The Labute approximate surface area is 82.0 Å². The maximum atomic E-state index is 11.6. The SMILES string of the molecule is Cc1cscc1C(=O)NCC1CC1. The fourth-order valence-corrected chi connectivity index (χ4v) is 2.08. The summed E-state index contributed by atoms with van der Waals surface area (Å²) >= 11 is 1.58. The molecule has 1 aromatic rings. The van der Waals surface area contributed by atoms with Crippen molar-refractivity contribution in [2.45, 2.75) is 19.8 Å². The Morgan fingerprint density at radius 1 is 1.62 bits per heavy atom. The molecule has 2 rings (SSSR count). The van der Waals surface area contributed by atoms with Crippen LogP contribution in [0.1, 0.15) is 28.8 Å². The highest BCUT2D eigenvalue weighted by Crippen LogP contribution is 2.27. The number of amides is 1. The van der Waals surface area contributed by atoms with Crippen LogP contribution < -0.4 is 5.32 Å². The third kappa shape index (κ3) is 2.10. The summed E-state index contributed by atoms with van der Waals surface area (Å²) in [5, 5.41) is 6.88. The summed E-state index contributed by atoms with van der Waals surface area (Å²) in [6.07, 6.45) is 2.56. The van der Waals surface area contributed by atoms with E-state index in [0.717, 1.165) is 23.6 Å². The monoisotopic (exact) mass is 195 g/mol. The Kier molecular flexibility index (Phi) is 2.36. The van der Waals surface area contributed by atoms with Crippen molar-refractivity contribution in [1.82, 2.24) is 5.32 Å². The van der Waals surface area contributed by atoms with Gasteiger partial charge in [0.1, 0.15) is 0 Å². The summed E-state index contributed by atoms with van der Waals surface area (Å²) in [7, 11) is 0. The summed E-state index contributed by atoms with van der Waals surface area (Å²) < 4.78 is 0. The van der Waals surface area contributed by atoms with Gasteiger partial charge in [-0.15, -0.1) is 0 Å². The number of thiophene rings is 1. The van der Waals surface area contributed by atoms with Crippen LogP contribution in [0.4, 0.5) is 0 Å². The smallest absolute Gasteiger partial charge is 0.252 e. The minimum absolute atomic E-state index is 0.0886. The molecule has 0 saturated heterocycles. The second kappa shape index (κ2) is 3.50. The van der Waals surface area contributed by atoms with Crippen molar-refractivity contribution in [2.75, 3.05) is 6.54 Å². The van der Waals surface area contributed by atoms with E-state index in [4.69, 9.17) is 0 Å². The molecule has 1 aliphatic rings. The molecule has 0 aliphatic heterocycles. The first-order valence-corrected chi connectivity index (χ1v) is 5.52. The van der Waals surface area contributed by atoms with Gasteiger partial charge >= 0.3 is 0 Å². The van der Waals surface area contributed by atoms with Crippen molar-refractivity contribution in [1.29, 1.82) is 0 Å². The van der Waals surface area contributed by atoms with Crippen molar-refractivity contribution in [3.8, 4) is 0 Å². The van der Waals surface area contributed by atoms with Gasteiger partial charge in [-0.1, -0.05) is 0 Å². The highest BCUT2D eigenvalue weighted by Gasteiger charge is 2.22. The van der Waals surface area contributed by atoms with Gasteiger partial charge in [-0.3, -0.25) is 4.79 Å². The third-order valence-corrected chi connectivity index (χ3v) is 3.21. The number of rotatable bonds is 3. The molecule has 2 nitrogen and oxygen atoms in total. The van der Waals surface area contributed by atoms with E-state index in [2.05, 4.69) is 5.32 Å². The van der Waals surface area contributed by atoms with Crippen LogP contribution in [0.3, 0.4) is 0 Å². The molecule has 13 heavy (non-hydrogen) atoms. The Bertz CT molecular complexity index is 314. The van der Waals surface area contributed by atoms with E-state index in [1.165, 1.54) is 12.8 Å². The quantitative estimate of drug-likeness (QED) is 0.787. The maximum absolute atomic E-state index is 11.6. The van der Waals surface area contributed by atoms with Crippen LogP contribution in [0.15, 0.2) is 10.8 Å². The first kappa shape index (κ1) is 8.75. The average molecular weight is 195 g/mol. The van der Waals surface area contributed by atoms with Crippen molar-refractivity contribution in [3.05, 3.63) is 21.9 Å². The molecular formula is C10H13NOS. The minimum atomic E-state index is 0.0886. The van der Waals surface area contributed by atoms with Gasteiger partial charge in [0.15, 0.2) is 0 Å². The lowest BCUT2D eigenvalue weighted by Crippen LogP contribution is -2.25. The molecule has 1 heterocycles. The molecule has 70 valence electrons. The first-order valence-electron chi connectivity index (χ1n) is 4.58. The van der Waals surface area contributed by atoms with Gasteiger partial charge in [-0.25, -0.2) is 0 Å². The molecule has 1 fully saturated rings. The summed E-state index contributed by atoms with van der Waals surface area (Å²) in [4.78, 5) is 11.6. The van der Waals surface area contributed by atoms with E-state index in [1.807, 2.05) is 17.7 Å². The topological polar surface area (TPSA) is 29.1 Å². The van der Waals surface area contributed by atoms with Crippen LogP contribution in [-0.4, -0.2) is 12.5 Å². The Morgan fingerprint density at radius 3 is 2.92 bits per heavy atom. The zero-order chi connectivity index (χ0) is 9.26. The van der Waals surface area contributed by atoms with Crippen molar-refractivity contribution in [3.63, 3.8) is 0 Å². The number of carbonyl (C=O) groups excluding carboxylic acids is 1. The molecule has 1 amide bonds. The van der Waals surface area contributed by atoms with Crippen molar-refractivity contribution >= 4 is 17.2 Å². The molecule has 1 aliphatic carbocycles. The molecular weight excluding hydrogens is 182 g/mol. The lowest BCUT2D eigenvalue weighted by molar-refractivity contribution is 0.0951. The van der Waals surface area contributed by atoms with Gasteiger partial charge in [0.05, 0.1) is 5.56 Å². The lowest BCUT2D eigenvalue weighted by Gasteiger charge is -2.02. The van der Waals surface area contributed by atoms with Crippen molar-refractivity contribution < 1.29 is 4.79 Å². The maximum Gasteiger partial charge on any atom is 0.252 e. The number of carbonyl (C=O) groups is 1. The minimum Gasteiger partial charge on any atom is -0.352 e. The highest BCUT2D eigenvalue weighted by molar-refractivity contribution is 7.08. The number of hydrogen-bond donors (Lipinski definition) is 1. The van der Waals surface area contributed by atoms with Crippen LogP contribution in [0, 0.1) is 12.8 Å². The largest absolute Gasteiger partial charge is 0.352 e. The van der Waals surface area contributed by atoms with Gasteiger partial charge in [-0.2, -0.15) is 11.3 Å². The lowest BCUT2D eigenvalue weighted by atomic mass is 10.2. The number of hydrogen-bond acceptors (Lipinski definition) is 2. The van der Waals surface area contributed by atoms with Crippen LogP contribution in [0.25, 0.3) is 0 Å². The van der Waals surface area contributed by atoms with Gasteiger partial charge in [0, 0.05) is 11.9 Å². The normalized spacial score (nSPS) is 15.8. The molecule has 0 unspecified atom stereocenters. The number of nitrogens with one attached hydrogen (secondary N) is 1. The molecule has 0 radical (unpaired) electrons. The van der Waals surface area contributed by atoms with Gasteiger partial charge in [-0.05, 0) is 36.6 Å². The zero-order valence-corrected chi connectivity index (χ0v) is 8.49. The summed E-state index contributed by atoms with van der Waals surface area (Å²) in [6.45, 7) is 2.83. The third-order valence-electron chi connectivity index (χ3n) is 2.35. The second-order valence-electron chi connectivity index (χ2n) is 3.62.